The fourth-order valence-electron chi connectivity index (χ4n) is 6.68. The van der Waals surface area contributed by atoms with E-state index in [0.29, 0.717) is 67.6 Å². The van der Waals surface area contributed by atoms with E-state index in [1.807, 2.05) is 0 Å². The molecule has 1 aliphatic heterocycles. The van der Waals surface area contributed by atoms with Crippen molar-refractivity contribution in [2.24, 2.45) is 29.6 Å². The molecular weight excluding hydrogens is 553 g/mol. The summed E-state index contributed by atoms with van der Waals surface area (Å²) in [6, 6.07) is 3.99. The second-order valence-electron chi connectivity index (χ2n) is 11.9. The van der Waals surface area contributed by atoms with Crippen LogP contribution in [0, 0.1) is 47.0 Å². The highest BCUT2D eigenvalue weighted by molar-refractivity contribution is 5.65. The van der Waals surface area contributed by atoms with Crippen LogP contribution in [0.3, 0.4) is 0 Å². The lowest BCUT2D eigenvalue weighted by molar-refractivity contribution is -0.229. The molecular formula is C31H35F7O3. The van der Waals surface area contributed by atoms with Crippen LogP contribution in [-0.4, -0.2) is 25.6 Å². The van der Waals surface area contributed by atoms with Crippen LogP contribution >= 0.6 is 0 Å². The molecule has 3 nitrogen and oxygen atoms in total. The van der Waals surface area contributed by atoms with Gasteiger partial charge >= 0.3 is 6.11 Å². The van der Waals surface area contributed by atoms with Crippen LogP contribution < -0.4 is 4.74 Å². The number of halogens is 7. The molecule has 0 spiro atoms. The van der Waals surface area contributed by atoms with Crippen molar-refractivity contribution in [1.82, 2.24) is 0 Å². The van der Waals surface area contributed by atoms with Gasteiger partial charge in [0.1, 0.15) is 23.2 Å². The smallest absolute Gasteiger partial charge is 0.400 e. The zero-order valence-corrected chi connectivity index (χ0v) is 22.9. The van der Waals surface area contributed by atoms with Gasteiger partial charge in [-0.05, 0) is 93.0 Å². The second-order valence-corrected chi connectivity index (χ2v) is 11.9. The predicted molar refractivity (Wildman–Crippen MR) is 138 cm³/mol. The first-order valence-electron chi connectivity index (χ1n) is 14.4. The molecule has 2 aromatic carbocycles. The van der Waals surface area contributed by atoms with Crippen LogP contribution in [0.1, 0.15) is 70.3 Å². The van der Waals surface area contributed by atoms with Gasteiger partial charge in [0.05, 0.1) is 24.7 Å². The van der Waals surface area contributed by atoms with E-state index in [1.54, 1.807) is 0 Å². The molecule has 2 aliphatic carbocycles. The molecule has 5 rings (SSSR count). The van der Waals surface area contributed by atoms with E-state index in [2.05, 4.69) is 6.92 Å². The highest BCUT2D eigenvalue weighted by Gasteiger charge is 2.45. The van der Waals surface area contributed by atoms with Crippen molar-refractivity contribution in [1.29, 1.82) is 0 Å². The maximum absolute atomic E-state index is 15.1. The third-order valence-electron chi connectivity index (χ3n) is 9.01. The van der Waals surface area contributed by atoms with E-state index in [4.69, 9.17) is 14.2 Å². The van der Waals surface area contributed by atoms with E-state index in [1.165, 1.54) is 0 Å². The Morgan fingerprint density at radius 1 is 0.756 bits per heavy atom. The summed E-state index contributed by atoms with van der Waals surface area (Å²) in [6.07, 6.45) is -1.01. The standard InChI is InChI=1S/C31H35F7O3/c1-17-15-39-30(40-16-17)20-4-2-18(3-5-20)19-6-8-22(9-7-19)31(37,38)41-23-10-11-24(25(32)14-23)21-12-26(33)28(29(35)36)27(34)13-21/h10-14,17-20,22,29-30H,2-9,15-16H2,1H3. The summed E-state index contributed by atoms with van der Waals surface area (Å²) in [7, 11) is 0. The molecule has 2 saturated carbocycles. The Hall–Kier alpha value is -2.33. The summed E-state index contributed by atoms with van der Waals surface area (Å²) >= 11 is 0. The van der Waals surface area contributed by atoms with Crippen LogP contribution in [0.4, 0.5) is 30.7 Å². The first-order chi connectivity index (χ1) is 19.5. The molecule has 0 N–H and O–H groups in total. The summed E-state index contributed by atoms with van der Waals surface area (Å²) < 4.78 is 115. The average Bonchev–Trinajstić information content (AvgIpc) is 2.93. The quantitative estimate of drug-likeness (QED) is 0.302. The normalized spacial score (nSPS) is 29.5. The minimum absolute atomic E-state index is 0.133. The zero-order valence-electron chi connectivity index (χ0n) is 22.9. The Labute approximate surface area is 235 Å². The molecule has 0 amide bonds. The van der Waals surface area contributed by atoms with Gasteiger partial charge in [0.25, 0.3) is 6.43 Å². The summed E-state index contributed by atoms with van der Waals surface area (Å²) in [5, 5.41) is 0. The molecule has 10 heteroatoms. The number of rotatable bonds is 7. The van der Waals surface area contributed by atoms with Crippen molar-refractivity contribution < 1.29 is 44.9 Å². The van der Waals surface area contributed by atoms with Gasteiger partial charge in [0, 0.05) is 23.5 Å². The minimum atomic E-state index is -3.53. The van der Waals surface area contributed by atoms with E-state index >= 15 is 8.78 Å². The van der Waals surface area contributed by atoms with Crippen molar-refractivity contribution >= 4 is 0 Å². The van der Waals surface area contributed by atoms with E-state index < -0.39 is 47.2 Å². The van der Waals surface area contributed by atoms with Gasteiger partial charge in [-0.1, -0.05) is 6.92 Å². The Morgan fingerprint density at radius 3 is 1.83 bits per heavy atom. The third-order valence-corrected chi connectivity index (χ3v) is 9.01. The van der Waals surface area contributed by atoms with Gasteiger partial charge in [0.2, 0.25) is 0 Å². The highest BCUT2D eigenvalue weighted by atomic mass is 19.3. The Kier molecular flexibility index (Phi) is 9.19. The largest absolute Gasteiger partial charge is 0.432 e. The number of alkyl halides is 4. The van der Waals surface area contributed by atoms with Crippen LogP contribution in [0.2, 0.25) is 0 Å². The molecule has 2 aromatic rings. The summed E-state index contributed by atoms with van der Waals surface area (Å²) in [4.78, 5) is 0. The monoisotopic (exact) mass is 588 g/mol. The van der Waals surface area contributed by atoms with Gasteiger partial charge < -0.3 is 14.2 Å². The molecule has 0 bridgehead atoms. The molecule has 226 valence electrons. The summed E-state index contributed by atoms with van der Waals surface area (Å²) in [5.41, 5.74) is -2.07. The SMILES string of the molecule is CC1COC(C2CCC(C3CCC(C(F)(F)Oc4ccc(-c5cc(F)c(C(F)F)c(F)c5)c(F)c4)CC3)CC2)OC1. The average molecular weight is 589 g/mol. The molecule has 0 aromatic heterocycles. The minimum Gasteiger partial charge on any atom is -0.432 e. The van der Waals surface area contributed by atoms with Crippen LogP contribution in [0.25, 0.3) is 11.1 Å². The fourth-order valence-corrected chi connectivity index (χ4v) is 6.68. The lowest BCUT2D eigenvalue weighted by Gasteiger charge is -2.41. The molecule has 3 fully saturated rings. The molecule has 0 unspecified atom stereocenters. The Morgan fingerprint density at radius 2 is 1.29 bits per heavy atom. The third kappa shape index (κ3) is 6.85. The maximum Gasteiger partial charge on any atom is 0.400 e. The Balaban J connectivity index is 1.14. The van der Waals surface area contributed by atoms with Gasteiger partial charge in [-0.25, -0.2) is 22.0 Å². The lowest BCUT2D eigenvalue weighted by atomic mass is 9.69. The van der Waals surface area contributed by atoms with Crippen molar-refractivity contribution in [2.75, 3.05) is 13.2 Å². The van der Waals surface area contributed by atoms with Crippen molar-refractivity contribution in [2.45, 2.75) is 77.1 Å². The number of ether oxygens (including phenoxy) is 3. The van der Waals surface area contributed by atoms with E-state index in [-0.39, 0.29) is 17.4 Å². The number of hydrogen-bond donors (Lipinski definition) is 0. The molecule has 1 saturated heterocycles. The van der Waals surface area contributed by atoms with Crippen molar-refractivity contribution in [3.8, 4) is 16.9 Å². The van der Waals surface area contributed by atoms with Crippen LogP contribution in [0.15, 0.2) is 30.3 Å². The molecule has 1 heterocycles. The van der Waals surface area contributed by atoms with Crippen LogP contribution in [-0.2, 0) is 9.47 Å². The second kappa shape index (κ2) is 12.5. The lowest BCUT2D eigenvalue weighted by Crippen LogP contribution is -2.40. The summed E-state index contributed by atoms with van der Waals surface area (Å²) in [5.74, 6) is -3.89. The van der Waals surface area contributed by atoms with Crippen molar-refractivity contribution in [3.63, 3.8) is 0 Å². The molecule has 0 radical (unpaired) electrons. The predicted octanol–water partition coefficient (Wildman–Crippen LogP) is 9.30. The fraction of sp³-hybridized carbons (Fsp3) is 0.613. The number of hydrogen-bond acceptors (Lipinski definition) is 3. The topological polar surface area (TPSA) is 27.7 Å². The Bertz CT molecular complexity index is 1160. The number of benzene rings is 2. The van der Waals surface area contributed by atoms with E-state index in [9.17, 15) is 22.0 Å². The van der Waals surface area contributed by atoms with Gasteiger partial charge in [-0.3, -0.25) is 0 Å². The first kappa shape index (κ1) is 30.1. The van der Waals surface area contributed by atoms with Crippen molar-refractivity contribution in [3.05, 3.63) is 53.3 Å². The van der Waals surface area contributed by atoms with Gasteiger partial charge in [-0.2, -0.15) is 8.78 Å². The first-order valence-corrected chi connectivity index (χ1v) is 14.4. The molecule has 41 heavy (non-hydrogen) atoms. The van der Waals surface area contributed by atoms with E-state index in [0.717, 1.165) is 51.0 Å². The van der Waals surface area contributed by atoms with Crippen LogP contribution in [0.5, 0.6) is 5.75 Å². The van der Waals surface area contributed by atoms with Gasteiger partial charge in [0.15, 0.2) is 6.29 Å². The molecule has 3 aliphatic rings. The zero-order chi connectivity index (χ0) is 29.3. The molecule has 0 atom stereocenters. The highest BCUT2D eigenvalue weighted by Crippen LogP contribution is 2.46. The van der Waals surface area contributed by atoms with Gasteiger partial charge in [-0.15, -0.1) is 0 Å². The maximum atomic E-state index is 15.1. The summed E-state index contributed by atoms with van der Waals surface area (Å²) in [6.45, 7) is 3.54.